The summed E-state index contributed by atoms with van der Waals surface area (Å²) in [7, 11) is 0. The normalized spacial score (nSPS) is 11.9. The molecule has 0 aliphatic carbocycles. The molecule has 1 aromatic carbocycles. The number of benzene rings is 1. The van der Waals surface area contributed by atoms with Crippen molar-refractivity contribution in [2.75, 3.05) is 5.75 Å². The third-order valence-electron chi connectivity index (χ3n) is 2.75. The monoisotopic (exact) mass is 350 g/mol. The van der Waals surface area contributed by atoms with E-state index in [-0.39, 0.29) is 11.9 Å². The number of aromatic nitrogens is 1. The van der Waals surface area contributed by atoms with Crippen LogP contribution in [-0.4, -0.2) is 16.6 Å². The molecule has 1 N–H and O–H groups in total. The van der Waals surface area contributed by atoms with E-state index in [0.29, 0.717) is 5.75 Å². The summed E-state index contributed by atoms with van der Waals surface area (Å²) in [6.45, 7) is 1.96. The second-order valence-electron chi connectivity index (χ2n) is 4.32. The molecule has 1 amide bonds. The van der Waals surface area contributed by atoms with Gasteiger partial charge in [0, 0.05) is 21.8 Å². The van der Waals surface area contributed by atoms with Gasteiger partial charge in [-0.1, -0.05) is 22.0 Å². The lowest BCUT2D eigenvalue weighted by Crippen LogP contribution is -2.28. The maximum absolute atomic E-state index is 11.9. The molecule has 1 atom stereocenters. The highest BCUT2D eigenvalue weighted by atomic mass is 79.9. The van der Waals surface area contributed by atoms with Crippen LogP contribution in [0.2, 0.25) is 0 Å². The largest absolute Gasteiger partial charge is 0.349 e. The van der Waals surface area contributed by atoms with Crippen LogP contribution in [0.25, 0.3) is 0 Å². The summed E-state index contributed by atoms with van der Waals surface area (Å²) >= 11 is 4.92. The van der Waals surface area contributed by atoms with Crippen molar-refractivity contribution < 1.29 is 4.79 Å². The molecule has 0 saturated heterocycles. The Morgan fingerprint density at radius 1 is 1.35 bits per heavy atom. The van der Waals surface area contributed by atoms with E-state index in [2.05, 4.69) is 26.2 Å². The van der Waals surface area contributed by atoms with Crippen LogP contribution in [0.3, 0.4) is 0 Å². The number of amides is 1. The molecule has 0 fully saturated rings. The van der Waals surface area contributed by atoms with Gasteiger partial charge in [-0.15, -0.1) is 11.8 Å². The van der Waals surface area contributed by atoms with E-state index in [1.807, 2.05) is 43.3 Å². The second kappa shape index (κ2) is 7.45. The van der Waals surface area contributed by atoms with Crippen LogP contribution < -0.4 is 5.32 Å². The number of pyridine rings is 1. The first-order chi connectivity index (χ1) is 9.65. The molecular formula is C15H15BrN2OS. The van der Waals surface area contributed by atoms with Gasteiger partial charge in [-0.25, -0.2) is 0 Å². The lowest BCUT2D eigenvalue weighted by molar-refractivity contribution is -0.119. The molecule has 0 aliphatic rings. The summed E-state index contributed by atoms with van der Waals surface area (Å²) in [6, 6.07) is 11.7. The van der Waals surface area contributed by atoms with Gasteiger partial charge in [0.15, 0.2) is 0 Å². The standard InChI is InChI=1S/C15H15BrN2OS/c1-11(12-3-2-8-17-9-12)18-15(19)10-20-14-6-4-13(16)5-7-14/h2-9,11H,10H2,1H3,(H,18,19). The highest BCUT2D eigenvalue weighted by molar-refractivity contribution is 9.10. The van der Waals surface area contributed by atoms with Crippen molar-refractivity contribution in [1.82, 2.24) is 10.3 Å². The van der Waals surface area contributed by atoms with Crippen molar-refractivity contribution >= 4 is 33.6 Å². The summed E-state index contributed by atoms with van der Waals surface area (Å²) < 4.78 is 1.04. The van der Waals surface area contributed by atoms with Gasteiger partial charge < -0.3 is 5.32 Å². The molecule has 0 saturated carbocycles. The van der Waals surface area contributed by atoms with Gasteiger partial charge in [0.05, 0.1) is 11.8 Å². The summed E-state index contributed by atoms with van der Waals surface area (Å²) in [5.41, 5.74) is 1.01. The van der Waals surface area contributed by atoms with Crippen LogP contribution in [0.5, 0.6) is 0 Å². The first-order valence-electron chi connectivity index (χ1n) is 6.23. The number of hydrogen-bond acceptors (Lipinski definition) is 3. The summed E-state index contributed by atoms with van der Waals surface area (Å²) in [6.07, 6.45) is 3.49. The van der Waals surface area contributed by atoms with Crippen molar-refractivity contribution in [3.8, 4) is 0 Å². The molecule has 5 heteroatoms. The number of carbonyl (C=O) groups is 1. The number of thioether (sulfide) groups is 1. The topological polar surface area (TPSA) is 42.0 Å². The molecule has 2 aromatic rings. The molecule has 1 aromatic heterocycles. The Hall–Kier alpha value is -1.33. The van der Waals surface area contributed by atoms with E-state index in [0.717, 1.165) is 14.9 Å². The Balaban J connectivity index is 1.82. The van der Waals surface area contributed by atoms with E-state index in [4.69, 9.17) is 0 Å². The van der Waals surface area contributed by atoms with E-state index >= 15 is 0 Å². The van der Waals surface area contributed by atoms with E-state index in [1.54, 1.807) is 12.4 Å². The number of nitrogens with zero attached hydrogens (tertiary/aromatic N) is 1. The highest BCUT2D eigenvalue weighted by Crippen LogP contribution is 2.20. The third-order valence-corrected chi connectivity index (χ3v) is 4.29. The number of rotatable bonds is 5. The molecule has 2 rings (SSSR count). The molecule has 1 unspecified atom stereocenters. The zero-order valence-corrected chi connectivity index (χ0v) is 13.4. The van der Waals surface area contributed by atoms with Gasteiger partial charge in [0.2, 0.25) is 5.91 Å². The predicted molar refractivity (Wildman–Crippen MR) is 85.7 cm³/mol. The Labute approximate surface area is 131 Å². The molecule has 20 heavy (non-hydrogen) atoms. The Bertz CT molecular complexity index is 560. The molecule has 0 aliphatic heterocycles. The minimum absolute atomic E-state index is 0.0225. The third kappa shape index (κ3) is 4.65. The fourth-order valence-corrected chi connectivity index (χ4v) is 2.65. The SMILES string of the molecule is CC(NC(=O)CSc1ccc(Br)cc1)c1cccnc1. The fourth-order valence-electron chi connectivity index (χ4n) is 1.68. The zero-order valence-electron chi connectivity index (χ0n) is 11.0. The van der Waals surface area contributed by atoms with Gasteiger partial charge in [0.1, 0.15) is 0 Å². The smallest absolute Gasteiger partial charge is 0.230 e. The summed E-state index contributed by atoms with van der Waals surface area (Å²) in [4.78, 5) is 17.0. The molecule has 0 radical (unpaired) electrons. The second-order valence-corrected chi connectivity index (χ2v) is 6.28. The van der Waals surface area contributed by atoms with Crippen LogP contribution >= 0.6 is 27.7 Å². The average Bonchev–Trinajstić information content (AvgIpc) is 2.47. The maximum Gasteiger partial charge on any atom is 0.230 e. The molecule has 3 nitrogen and oxygen atoms in total. The van der Waals surface area contributed by atoms with Gasteiger partial charge in [-0.3, -0.25) is 9.78 Å². The molecule has 1 heterocycles. The zero-order chi connectivity index (χ0) is 14.4. The lowest BCUT2D eigenvalue weighted by Gasteiger charge is -2.13. The van der Waals surface area contributed by atoms with E-state index < -0.39 is 0 Å². The predicted octanol–water partition coefficient (Wildman–Crippen LogP) is 3.81. The minimum Gasteiger partial charge on any atom is -0.349 e. The van der Waals surface area contributed by atoms with Crippen molar-refractivity contribution in [3.63, 3.8) is 0 Å². The van der Waals surface area contributed by atoms with Crippen LogP contribution in [0.1, 0.15) is 18.5 Å². The number of nitrogens with one attached hydrogen (secondary N) is 1. The first-order valence-corrected chi connectivity index (χ1v) is 8.00. The number of hydrogen-bond donors (Lipinski definition) is 1. The van der Waals surface area contributed by atoms with Crippen LogP contribution in [0, 0.1) is 0 Å². The van der Waals surface area contributed by atoms with Crippen molar-refractivity contribution in [3.05, 3.63) is 58.8 Å². The Morgan fingerprint density at radius 2 is 2.10 bits per heavy atom. The molecule has 0 bridgehead atoms. The van der Waals surface area contributed by atoms with Crippen molar-refractivity contribution in [2.24, 2.45) is 0 Å². The van der Waals surface area contributed by atoms with Crippen LogP contribution in [-0.2, 0) is 4.79 Å². The van der Waals surface area contributed by atoms with Gasteiger partial charge in [0.25, 0.3) is 0 Å². The van der Waals surface area contributed by atoms with Crippen molar-refractivity contribution in [2.45, 2.75) is 17.9 Å². The maximum atomic E-state index is 11.9. The fraction of sp³-hybridized carbons (Fsp3) is 0.200. The van der Waals surface area contributed by atoms with E-state index in [1.165, 1.54) is 11.8 Å². The van der Waals surface area contributed by atoms with Crippen molar-refractivity contribution in [1.29, 1.82) is 0 Å². The summed E-state index contributed by atoms with van der Waals surface area (Å²) in [5.74, 6) is 0.431. The quantitative estimate of drug-likeness (QED) is 0.833. The van der Waals surface area contributed by atoms with Crippen LogP contribution in [0.15, 0.2) is 58.2 Å². The van der Waals surface area contributed by atoms with Crippen LogP contribution in [0.4, 0.5) is 0 Å². The lowest BCUT2D eigenvalue weighted by atomic mass is 10.1. The molecule has 104 valence electrons. The highest BCUT2D eigenvalue weighted by Gasteiger charge is 2.09. The molecule has 0 spiro atoms. The Kier molecular flexibility index (Phi) is 5.61. The Morgan fingerprint density at radius 3 is 2.75 bits per heavy atom. The van der Waals surface area contributed by atoms with Gasteiger partial charge >= 0.3 is 0 Å². The average molecular weight is 351 g/mol. The van der Waals surface area contributed by atoms with Gasteiger partial charge in [-0.2, -0.15) is 0 Å². The molecular weight excluding hydrogens is 336 g/mol. The first kappa shape index (κ1) is 15.1. The van der Waals surface area contributed by atoms with Gasteiger partial charge in [-0.05, 0) is 42.8 Å². The number of halogens is 1. The van der Waals surface area contributed by atoms with E-state index in [9.17, 15) is 4.79 Å². The summed E-state index contributed by atoms with van der Waals surface area (Å²) in [5, 5.41) is 2.97. The minimum atomic E-state index is -0.0262. The number of carbonyl (C=O) groups excluding carboxylic acids is 1.